The molecule has 1 saturated heterocycles. The van der Waals surface area contributed by atoms with Crippen LogP contribution in [0.2, 0.25) is 0 Å². The van der Waals surface area contributed by atoms with Crippen molar-refractivity contribution in [3.8, 4) is 0 Å². The van der Waals surface area contributed by atoms with Gasteiger partial charge in [0.1, 0.15) is 5.36 Å². The minimum Gasteiger partial charge on any atom is -0.372 e. The van der Waals surface area contributed by atoms with Gasteiger partial charge in [-0.3, -0.25) is 9.89 Å². The van der Waals surface area contributed by atoms with E-state index in [1.165, 1.54) is 48.7 Å². The van der Waals surface area contributed by atoms with E-state index in [-0.39, 0.29) is 5.56 Å². The van der Waals surface area contributed by atoms with E-state index >= 15 is 0 Å². The molecule has 5 rings (SSSR count). The zero-order valence-electron chi connectivity index (χ0n) is 19.3. The molecule has 2 fully saturated rings. The Labute approximate surface area is 188 Å². The highest BCUT2D eigenvalue weighted by Crippen LogP contribution is 2.32. The van der Waals surface area contributed by atoms with E-state index in [2.05, 4.69) is 41.7 Å². The third-order valence-electron chi connectivity index (χ3n) is 7.22. The van der Waals surface area contributed by atoms with Gasteiger partial charge in [-0.05, 0) is 69.7 Å². The monoisotopic (exact) mass is 431 g/mol. The van der Waals surface area contributed by atoms with Crippen LogP contribution in [0.1, 0.15) is 74.1 Å². The normalized spacial score (nSPS) is 18.6. The number of hydrogen-bond acceptors (Lipinski definition) is 4. The van der Waals surface area contributed by atoms with Gasteiger partial charge in [-0.2, -0.15) is 4.52 Å². The first-order valence-electron chi connectivity index (χ1n) is 12.1. The van der Waals surface area contributed by atoms with Crippen molar-refractivity contribution >= 4 is 23.6 Å². The molecule has 3 heterocycles. The number of aromatic amines is 1. The summed E-state index contributed by atoms with van der Waals surface area (Å²) in [6, 6.07) is 6.46. The number of aromatic nitrogens is 3. The number of benzene rings is 1. The zero-order chi connectivity index (χ0) is 22.2. The molecule has 1 aromatic carbocycles. The number of anilines is 1. The second kappa shape index (κ2) is 8.57. The predicted octanol–water partition coefficient (Wildman–Crippen LogP) is 4.04. The molecule has 0 radical (unpaired) electrons. The van der Waals surface area contributed by atoms with Gasteiger partial charge in [-0.1, -0.05) is 25.8 Å². The van der Waals surface area contributed by atoms with Gasteiger partial charge in [0.15, 0.2) is 5.65 Å². The summed E-state index contributed by atoms with van der Waals surface area (Å²) in [5.41, 5.74) is 5.51. The van der Waals surface area contributed by atoms with Crippen molar-refractivity contribution in [3.63, 3.8) is 0 Å². The fourth-order valence-corrected chi connectivity index (χ4v) is 5.33. The van der Waals surface area contributed by atoms with Crippen LogP contribution in [0.15, 0.2) is 28.0 Å². The van der Waals surface area contributed by atoms with E-state index in [4.69, 9.17) is 9.98 Å². The average Bonchev–Trinajstić information content (AvgIpc) is 3.14. The van der Waals surface area contributed by atoms with Gasteiger partial charge >= 0.3 is 0 Å². The van der Waals surface area contributed by atoms with Gasteiger partial charge in [-0.25, -0.2) is 9.98 Å². The fraction of sp³-hybridized carbons (Fsp3) is 0.500. The summed E-state index contributed by atoms with van der Waals surface area (Å²) in [4.78, 5) is 25.5. The second-order valence-corrected chi connectivity index (χ2v) is 9.49. The summed E-state index contributed by atoms with van der Waals surface area (Å²) < 4.78 is 1.51. The third kappa shape index (κ3) is 3.76. The van der Waals surface area contributed by atoms with Crippen LogP contribution in [0.25, 0.3) is 12.2 Å². The molecule has 0 spiro atoms. The Bertz CT molecular complexity index is 1310. The Morgan fingerprint density at radius 2 is 1.78 bits per heavy atom. The molecule has 0 bridgehead atoms. The first kappa shape index (κ1) is 21.0. The summed E-state index contributed by atoms with van der Waals surface area (Å²) in [6.45, 7) is 10.4. The maximum atomic E-state index is 13.1. The zero-order valence-corrected chi connectivity index (χ0v) is 19.3. The summed E-state index contributed by atoms with van der Waals surface area (Å²) in [5, 5.41) is 4.38. The summed E-state index contributed by atoms with van der Waals surface area (Å²) in [5.74, 6) is 0.364. The molecule has 0 atom stereocenters. The Morgan fingerprint density at radius 3 is 2.50 bits per heavy atom. The molecule has 0 unspecified atom stereocenters. The number of piperidine rings is 1. The van der Waals surface area contributed by atoms with Gasteiger partial charge in [0.05, 0.1) is 16.7 Å². The highest BCUT2D eigenvalue weighted by molar-refractivity contribution is 5.58. The van der Waals surface area contributed by atoms with Crippen LogP contribution < -0.4 is 21.2 Å². The Balaban J connectivity index is 1.60. The molecule has 2 aliphatic rings. The van der Waals surface area contributed by atoms with Crippen molar-refractivity contribution < 1.29 is 0 Å². The largest absolute Gasteiger partial charge is 0.372 e. The van der Waals surface area contributed by atoms with Crippen molar-refractivity contribution in [1.82, 2.24) is 14.6 Å². The summed E-state index contributed by atoms with van der Waals surface area (Å²) in [7, 11) is 0. The lowest BCUT2D eigenvalue weighted by Gasteiger charge is -2.29. The minimum absolute atomic E-state index is 0.0425. The lowest BCUT2D eigenvalue weighted by Crippen LogP contribution is -2.29. The second-order valence-electron chi connectivity index (χ2n) is 9.49. The molecule has 6 heteroatoms. The van der Waals surface area contributed by atoms with Crippen LogP contribution in [0.5, 0.6) is 0 Å². The fourth-order valence-electron chi connectivity index (χ4n) is 5.33. The number of aryl methyl sites for hydroxylation is 1. The van der Waals surface area contributed by atoms with E-state index in [1.807, 2.05) is 6.92 Å². The van der Waals surface area contributed by atoms with Crippen LogP contribution >= 0.6 is 0 Å². The van der Waals surface area contributed by atoms with Crippen LogP contribution in [0.3, 0.4) is 0 Å². The molecule has 0 amide bonds. The lowest BCUT2D eigenvalue weighted by atomic mass is 9.85. The average molecular weight is 432 g/mol. The Kier molecular flexibility index (Phi) is 5.62. The SMILES string of the molecule is C=c1[nH]n2c(=O)c(C)c(C3CCCCC3)nc2c1=Nc1ccc(N2CCCCC2)cc1C. The van der Waals surface area contributed by atoms with Crippen molar-refractivity contribution in [2.45, 2.75) is 71.1 Å². The van der Waals surface area contributed by atoms with Crippen molar-refractivity contribution in [1.29, 1.82) is 0 Å². The van der Waals surface area contributed by atoms with Crippen molar-refractivity contribution in [2.24, 2.45) is 4.99 Å². The van der Waals surface area contributed by atoms with Crippen molar-refractivity contribution in [3.05, 3.63) is 56.1 Å². The Hall–Kier alpha value is -2.89. The molecule has 1 N–H and O–H groups in total. The standard InChI is InChI=1S/C26H33N5O/c1-17-16-21(30-14-8-5-9-15-30)12-13-22(17)27-24-19(3)29-31-25(24)28-23(18(2)26(31)32)20-10-6-4-7-11-20/h12-13,16,20,29H,3-11,14-15H2,1-2H3. The van der Waals surface area contributed by atoms with E-state index in [0.717, 1.165) is 48.4 Å². The number of fused-ring (bicyclic) bond motifs is 1. The van der Waals surface area contributed by atoms with E-state index in [0.29, 0.717) is 22.3 Å². The van der Waals surface area contributed by atoms with Crippen LogP contribution in [0, 0.1) is 13.8 Å². The van der Waals surface area contributed by atoms with E-state index < -0.39 is 0 Å². The first-order chi connectivity index (χ1) is 15.5. The molecule has 1 aliphatic heterocycles. The molecule has 3 aromatic rings. The molecule has 6 nitrogen and oxygen atoms in total. The maximum Gasteiger partial charge on any atom is 0.275 e. The highest BCUT2D eigenvalue weighted by Gasteiger charge is 2.22. The van der Waals surface area contributed by atoms with Gasteiger partial charge < -0.3 is 4.90 Å². The number of rotatable bonds is 3. The number of nitrogens with zero attached hydrogens (tertiary/aromatic N) is 4. The first-order valence-corrected chi connectivity index (χ1v) is 12.1. The summed E-state index contributed by atoms with van der Waals surface area (Å²) >= 11 is 0. The van der Waals surface area contributed by atoms with E-state index in [1.54, 1.807) is 0 Å². The molecule has 1 aliphatic carbocycles. The number of nitrogens with one attached hydrogen (secondary N) is 1. The molecule has 168 valence electrons. The molecule has 32 heavy (non-hydrogen) atoms. The van der Waals surface area contributed by atoms with Gasteiger partial charge in [-0.15, -0.1) is 0 Å². The predicted molar refractivity (Wildman–Crippen MR) is 130 cm³/mol. The molecular weight excluding hydrogens is 398 g/mol. The van der Waals surface area contributed by atoms with Crippen LogP contribution in [-0.4, -0.2) is 27.7 Å². The van der Waals surface area contributed by atoms with Gasteiger partial charge in [0.25, 0.3) is 5.56 Å². The van der Waals surface area contributed by atoms with Gasteiger partial charge in [0.2, 0.25) is 0 Å². The number of H-pyrrole nitrogens is 1. The molecule has 1 saturated carbocycles. The van der Waals surface area contributed by atoms with Crippen molar-refractivity contribution in [2.75, 3.05) is 18.0 Å². The maximum absolute atomic E-state index is 13.1. The van der Waals surface area contributed by atoms with E-state index in [9.17, 15) is 4.79 Å². The smallest absolute Gasteiger partial charge is 0.275 e. The van der Waals surface area contributed by atoms with Crippen LogP contribution in [0.4, 0.5) is 11.4 Å². The molecule has 2 aromatic heterocycles. The van der Waals surface area contributed by atoms with Gasteiger partial charge in [0, 0.05) is 30.3 Å². The topological polar surface area (TPSA) is 65.8 Å². The third-order valence-corrected chi connectivity index (χ3v) is 7.22. The minimum atomic E-state index is -0.0425. The number of hydrogen-bond donors (Lipinski definition) is 1. The molecular formula is C26H33N5O. The quantitative estimate of drug-likeness (QED) is 0.681. The Morgan fingerprint density at radius 1 is 1.06 bits per heavy atom. The lowest BCUT2D eigenvalue weighted by molar-refractivity contribution is 0.434. The summed E-state index contributed by atoms with van der Waals surface area (Å²) in [6.07, 6.45) is 9.74. The highest BCUT2D eigenvalue weighted by atomic mass is 16.1. The van der Waals surface area contributed by atoms with Crippen LogP contribution in [-0.2, 0) is 0 Å².